The van der Waals surface area contributed by atoms with Gasteiger partial charge in [-0.25, -0.2) is 0 Å². The molecule has 1 fully saturated rings. The Kier molecular flexibility index (Phi) is 4.34. The van der Waals surface area contributed by atoms with Crippen molar-refractivity contribution in [1.29, 1.82) is 0 Å². The molecule has 1 aliphatic rings. The van der Waals surface area contributed by atoms with Crippen LogP contribution in [0.5, 0.6) is 0 Å². The molecule has 1 N–H and O–H groups in total. The van der Waals surface area contributed by atoms with E-state index in [4.69, 9.17) is 14.0 Å². The third-order valence-electron chi connectivity index (χ3n) is 4.04. The number of rotatable bonds is 4. The van der Waals surface area contributed by atoms with Gasteiger partial charge < -0.3 is 19.1 Å². The van der Waals surface area contributed by atoms with Gasteiger partial charge in [0.1, 0.15) is 0 Å². The Labute approximate surface area is 114 Å². The Bertz CT molecular complexity index is 297. The lowest BCUT2D eigenvalue weighted by atomic mass is 9.56. The molecule has 1 heterocycles. The lowest BCUT2D eigenvalue weighted by Crippen LogP contribution is -2.48. The van der Waals surface area contributed by atoms with Crippen LogP contribution in [0.2, 0.25) is 0 Å². The van der Waals surface area contributed by atoms with E-state index in [0.29, 0.717) is 0 Å². The third kappa shape index (κ3) is 3.29. The van der Waals surface area contributed by atoms with Crippen LogP contribution in [0.3, 0.4) is 0 Å². The van der Waals surface area contributed by atoms with Gasteiger partial charge in [-0.2, -0.15) is 0 Å². The van der Waals surface area contributed by atoms with Crippen LogP contribution in [0.1, 0.15) is 48.5 Å². The van der Waals surface area contributed by atoms with Crippen molar-refractivity contribution in [3.63, 3.8) is 0 Å². The Morgan fingerprint density at radius 2 is 1.50 bits per heavy atom. The SMILES string of the molecule is CC(C)(O)C(C)(P)OBB1OC(C)(C)C(C)(C)O1. The maximum Gasteiger partial charge on any atom is 0.441 e. The van der Waals surface area contributed by atoms with E-state index in [1.54, 1.807) is 13.8 Å². The van der Waals surface area contributed by atoms with Gasteiger partial charge in [0.25, 0.3) is 0 Å². The minimum absolute atomic E-state index is 0.289. The summed E-state index contributed by atoms with van der Waals surface area (Å²) >= 11 is 0. The molecular formula is C11H25B2O4P. The monoisotopic (exact) mass is 274 g/mol. The molecule has 0 aliphatic carbocycles. The predicted molar refractivity (Wildman–Crippen MR) is 78.7 cm³/mol. The van der Waals surface area contributed by atoms with Crippen LogP contribution in [-0.4, -0.2) is 41.6 Å². The van der Waals surface area contributed by atoms with Crippen molar-refractivity contribution < 1.29 is 19.1 Å². The summed E-state index contributed by atoms with van der Waals surface area (Å²) in [6.07, 6.45) is 0. The topological polar surface area (TPSA) is 47.9 Å². The van der Waals surface area contributed by atoms with Gasteiger partial charge in [-0.05, 0) is 48.5 Å². The van der Waals surface area contributed by atoms with Crippen molar-refractivity contribution in [2.45, 2.75) is 70.6 Å². The molecule has 1 aliphatic heterocycles. The second-order valence-corrected chi connectivity index (χ2v) is 7.76. The highest BCUT2D eigenvalue weighted by Gasteiger charge is 2.52. The molecule has 7 heteroatoms. The first-order valence-corrected chi connectivity index (χ1v) is 6.87. The van der Waals surface area contributed by atoms with E-state index >= 15 is 0 Å². The summed E-state index contributed by atoms with van der Waals surface area (Å²) in [7, 11) is 2.42. The van der Waals surface area contributed by atoms with Crippen LogP contribution >= 0.6 is 9.24 Å². The minimum atomic E-state index is -0.957. The van der Waals surface area contributed by atoms with Gasteiger partial charge in [-0.3, -0.25) is 0 Å². The minimum Gasteiger partial charge on any atom is -0.431 e. The van der Waals surface area contributed by atoms with Crippen LogP contribution < -0.4 is 0 Å². The zero-order valence-corrected chi connectivity index (χ0v) is 13.7. The van der Waals surface area contributed by atoms with Gasteiger partial charge in [-0.1, -0.05) is 0 Å². The summed E-state index contributed by atoms with van der Waals surface area (Å²) < 4.78 is 17.4. The lowest BCUT2D eigenvalue weighted by molar-refractivity contribution is -0.0449. The summed E-state index contributed by atoms with van der Waals surface area (Å²) in [6.45, 7) is 13.3. The Balaban J connectivity index is 2.58. The molecule has 1 rings (SSSR count). The van der Waals surface area contributed by atoms with Crippen molar-refractivity contribution in [2.24, 2.45) is 0 Å². The maximum absolute atomic E-state index is 10.00. The molecule has 0 spiro atoms. The van der Waals surface area contributed by atoms with Crippen LogP contribution in [-0.2, 0) is 14.0 Å². The van der Waals surface area contributed by atoms with Gasteiger partial charge in [0.15, 0.2) is 0 Å². The third-order valence-corrected chi connectivity index (χ3v) is 4.91. The highest BCUT2D eigenvalue weighted by molar-refractivity contribution is 7.19. The van der Waals surface area contributed by atoms with Crippen molar-refractivity contribution in [1.82, 2.24) is 0 Å². The molecule has 2 atom stereocenters. The zero-order valence-electron chi connectivity index (χ0n) is 12.5. The smallest absolute Gasteiger partial charge is 0.431 e. The molecule has 1 saturated heterocycles. The van der Waals surface area contributed by atoms with Gasteiger partial charge in [0.2, 0.25) is 0 Å². The number of hydrogen-bond donors (Lipinski definition) is 1. The first kappa shape index (κ1) is 16.5. The largest absolute Gasteiger partial charge is 0.441 e. The summed E-state index contributed by atoms with van der Waals surface area (Å²) in [6, 6.07) is 0. The normalized spacial score (nSPS) is 25.9. The molecule has 0 saturated carbocycles. The van der Waals surface area contributed by atoms with Crippen LogP contribution in [0.15, 0.2) is 0 Å². The highest BCUT2D eigenvalue weighted by Crippen LogP contribution is 2.37. The summed E-state index contributed by atoms with van der Waals surface area (Å²) in [5.41, 5.74) is -1.67. The first-order valence-electron chi connectivity index (χ1n) is 6.29. The average molecular weight is 274 g/mol. The molecule has 0 amide bonds. The Morgan fingerprint density at radius 1 is 1.11 bits per heavy atom. The average Bonchev–Trinajstić information content (AvgIpc) is 2.30. The Morgan fingerprint density at radius 3 is 1.83 bits per heavy atom. The van der Waals surface area contributed by atoms with E-state index < -0.39 is 18.0 Å². The summed E-state index contributed by atoms with van der Waals surface area (Å²) in [5.74, 6) is 0. The molecule has 0 radical (unpaired) electrons. The van der Waals surface area contributed by atoms with E-state index in [0.717, 1.165) is 0 Å². The quantitative estimate of drug-likeness (QED) is 0.620. The fraction of sp³-hybridized carbons (Fsp3) is 1.00. The van der Waals surface area contributed by atoms with Crippen LogP contribution in [0.4, 0.5) is 0 Å². The van der Waals surface area contributed by atoms with Gasteiger partial charge in [0.05, 0.1) is 22.1 Å². The second-order valence-electron chi connectivity index (χ2n) is 6.66. The second kappa shape index (κ2) is 4.75. The molecule has 0 aromatic rings. The van der Waals surface area contributed by atoms with E-state index in [2.05, 4.69) is 9.24 Å². The molecule has 2 unspecified atom stereocenters. The predicted octanol–water partition coefficient (Wildman–Crippen LogP) is 1.31. The Hall–Kier alpha value is 0.400. The van der Waals surface area contributed by atoms with E-state index in [-0.39, 0.29) is 18.6 Å². The van der Waals surface area contributed by atoms with Crippen LogP contribution in [0.25, 0.3) is 0 Å². The van der Waals surface area contributed by atoms with E-state index in [1.165, 1.54) is 0 Å². The summed E-state index contributed by atoms with van der Waals surface area (Å²) in [5, 5.41) is 9.26. The summed E-state index contributed by atoms with van der Waals surface area (Å²) in [4.78, 5) is 0. The number of aliphatic hydroxyl groups is 1. The van der Waals surface area contributed by atoms with Gasteiger partial charge >= 0.3 is 14.4 Å². The molecular weight excluding hydrogens is 249 g/mol. The fourth-order valence-electron chi connectivity index (χ4n) is 1.45. The van der Waals surface area contributed by atoms with Gasteiger partial charge in [0, 0.05) is 0 Å². The standard InChI is InChI=1S/C11H25B2O4P/c1-8(2,14)11(7,18)15-12-13-16-9(3,4)10(5,6)17-13/h12,14H,18H2,1-7H3. The van der Waals surface area contributed by atoms with Crippen molar-refractivity contribution in [2.75, 3.05) is 0 Å². The van der Waals surface area contributed by atoms with Crippen molar-refractivity contribution in [3.8, 4) is 0 Å². The maximum atomic E-state index is 10.00. The lowest BCUT2D eigenvalue weighted by Gasteiger charge is -2.37. The number of hydrogen-bond acceptors (Lipinski definition) is 4. The molecule has 4 nitrogen and oxygen atoms in total. The van der Waals surface area contributed by atoms with Crippen molar-refractivity contribution in [3.05, 3.63) is 0 Å². The molecule has 0 aromatic carbocycles. The molecule has 0 bridgehead atoms. The molecule has 104 valence electrons. The molecule has 18 heavy (non-hydrogen) atoms. The highest BCUT2D eigenvalue weighted by atomic mass is 31.0. The first-order chi connectivity index (χ1) is 7.79. The van der Waals surface area contributed by atoms with Crippen LogP contribution in [0, 0.1) is 0 Å². The van der Waals surface area contributed by atoms with E-state index in [1.807, 2.05) is 34.6 Å². The van der Waals surface area contributed by atoms with E-state index in [9.17, 15) is 5.11 Å². The van der Waals surface area contributed by atoms with Crippen molar-refractivity contribution >= 4 is 23.6 Å². The fourth-order valence-corrected chi connectivity index (χ4v) is 1.55. The van der Waals surface area contributed by atoms with Gasteiger partial charge in [-0.15, -0.1) is 9.24 Å². The zero-order chi connectivity index (χ0) is 14.4. The molecule has 0 aromatic heterocycles.